The third-order valence-corrected chi connectivity index (χ3v) is 2.36. The van der Waals surface area contributed by atoms with Crippen LogP contribution in [0.25, 0.3) is 0 Å². The molecule has 0 radical (unpaired) electrons. The second-order valence-corrected chi connectivity index (χ2v) is 5.06. The molecule has 0 amide bonds. The number of rotatable bonds is 4. The Morgan fingerprint density at radius 3 is 2.53 bits per heavy atom. The minimum atomic E-state index is 0.302. The Morgan fingerprint density at radius 2 is 2.07 bits per heavy atom. The van der Waals surface area contributed by atoms with Crippen molar-refractivity contribution in [2.24, 2.45) is 5.41 Å². The van der Waals surface area contributed by atoms with Crippen molar-refractivity contribution in [2.75, 3.05) is 6.61 Å². The molecule has 0 aliphatic rings. The lowest BCUT2D eigenvalue weighted by Gasteiger charge is -2.17. The van der Waals surface area contributed by atoms with Gasteiger partial charge in [-0.15, -0.1) is 11.6 Å². The number of halogens is 1. The number of alkyl halides is 1. The molecule has 0 N–H and O–H groups in total. The molecule has 0 aliphatic heterocycles. The lowest BCUT2D eigenvalue weighted by atomic mass is 9.93. The molecule has 0 saturated heterocycles. The van der Waals surface area contributed by atoms with Gasteiger partial charge in [0.05, 0.1) is 6.61 Å². The fraction of sp³-hybridized carbons (Fsp3) is 0.583. The van der Waals surface area contributed by atoms with E-state index in [2.05, 4.69) is 25.8 Å². The third kappa shape index (κ3) is 5.03. The molecule has 0 atom stereocenters. The smallest absolute Gasteiger partial charge is 0.213 e. The highest BCUT2D eigenvalue weighted by Gasteiger charge is 2.09. The maximum atomic E-state index is 5.66. The quantitative estimate of drug-likeness (QED) is 0.733. The molecule has 2 nitrogen and oxygen atoms in total. The molecular formula is C12H18ClNO. The summed E-state index contributed by atoms with van der Waals surface area (Å²) < 4.78 is 5.53. The molecule has 1 heterocycles. The van der Waals surface area contributed by atoms with Gasteiger partial charge in [0.1, 0.15) is 0 Å². The predicted octanol–water partition coefficient (Wildman–Crippen LogP) is 3.64. The first-order valence-corrected chi connectivity index (χ1v) is 5.68. The van der Waals surface area contributed by atoms with Gasteiger partial charge >= 0.3 is 0 Å². The molecule has 84 valence electrons. The molecule has 3 heteroatoms. The van der Waals surface area contributed by atoms with Gasteiger partial charge in [0.15, 0.2) is 0 Å². The number of ether oxygens (including phenoxy) is 1. The zero-order chi connectivity index (χ0) is 11.3. The number of pyridine rings is 1. The van der Waals surface area contributed by atoms with Gasteiger partial charge in [0.2, 0.25) is 5.88 Å². The number of hydrogen-bond donors (Lipinski definition) is 0. The Kier molecular flexibility index (Phi) is 4.40. The van der Waals surface area contributed by atoms with Crippen molar-refractivity contribution in [3.05, 3.63) is 23.9 Å². The number of hydrogen-bond acceptors (Lipinski definition) is 2. The van der Waals surface area contributed by atoms with Crippen LogP contribution in [0.4, 0.5) is 0 Å². The van der Waals surface area contributed by atoms with E-state index in [0.717, 1.165) is 12.0 Å². The van der Waals surface area contributed by atoms with E-state index in [1.54, 1.807) is 6.20 Å². The van der Waals surface area contributed by atoms with Crippen molar-refractivity contribution in [3.8, 4) is 5.88 Å². The molecule has 1 rings (SSSR count). The summed E-state index contributed by atoms with van der Waals surface area (Å²) in [5, 5.41) is 0. The Balaban J connectivity index is 2.38. The Morgan fingerprint density at radius 1 is 1.33 bits per heavy atom. The van der Waals surface area contributed by atoms with Crippen LogP contribution in [0.3, 0.4) is 0 Å². The van der Waals surface area contributed by atoms with Gasteiger partial charge in [-0.25, -0.2) is 4.98 Å². The summed E-state index contributed by atoms with van der Waals surface area (Å²) in [6, 6.07) is 3.80. The fourth-order valence-corrected chi connectivity index (χ4v) is 1.20. The van der Waals surface area contributed by atoms with E-state index >= 15 is 0 Å². The molecule has 1 aromatic rings. The van der Waals surface area contributed by atoms with Gasteiger partial charge in [0.25, 0.3) is 0 Å². The molecule has 0 fully saturated rings. The summed E-state index contributed by atoms with van der Waals surface area (Å²) in [6.07, 6.45) is 2.77. The van der Waals surface area contributed by atoms with Gasteiger partial charge < -0.3 is 4.74 Å². The van der Waals surface area contributed by atoms with E-state index in [9.17, 15) is 0 Å². The lowest BCUT2D eigenvalue weighted by Crippen LogP contribution is -2.11. The average Bonchev–Trinajstić information content (AvgIpc) is 2.17. The second-order valence-electron chi connectivity index (χ2n) is 4.80. The molecule has 0 saturated carbocycles. The highest BCUT2D eigenvalue weighted by Crippen LogP contribution is 2.18. The average molecular weight is 228 g/mol. The van der Waals surface area contributed by atoms with Crippen LogP contribution in [-0.4, -0.2) is 11.6 Å². The summed E-state index contributed by atoms with van der Waals surface area (Å²) >= 11 is 5.66. The lowest BCUT2D eigenvalue weighted by molar-refractivity contribution is 0.236. The molecule has 1 aromatic heterocycles. The van der Waals surface area contributed by atoms with E-state index in [-0.39, 0.29) is 0 Å². The maximum absolute atomic E-state index is 5.66. The van der Waals surface area contributed by atoms with Crippen LogP contribution in [0.15, 0.2) is 18.3 Å². The van der Waals surface area contributed by atoms with Crippen molar-refractivity contribution >= 4 is 11.6 Å². The Labute approximate surface area is 96.6 Å². The van der Waals surface area contributed by atoms with E-state index in [1.165, 1.54) is 0 Å². The topological polar surface area (TPSA) is 22.1 Å². The van der Waals surface area contributed by atoms with Crippen LogP contribution in [0, 0.1) is 5.41 Å². The molecule has 0 aliphatic carbocycles. The van der Waals surface area contributed by atoms with Gasteiger partial charge in [-0.2, -0.15) is 0 Å². The van der Waals surface area contributed by atoms with Crippen LogP contribution in [-0.2, 0) is 5.88 Å². The standard InChI is InChI=1S/C12H18ClNO/c1-12(2,3)6-7-15-11-5-4-10(8-13)9-14-11/h4-5,9H,6-8H2,1-3H3. The zero-order valence-electron chi connectivity index (χ0n) is 9.59. The maximum Gasteiger partial charge on any atom is 0.213 e. The fourth-order valence-electron chi connectivity index (χ4n) is 1.04. The van der Waals surface area contributed by atoms with Gasteiger partial charge in [-0.1, -0.05) is 26.8 Å². The number of nitrogens with zero attached hydrogens (tertiary/aromatic N) is 1. The van der Waals surface area contributed by atoms with E-state index in [1.807, 2.05) is 12.1 Å². The third-order valence-electron chi connectivity index (χ3n) is 2.05. The van der Waals surface area contributed by atoms with Crippen LogP contribution in [0.5, 0.6) is 5.88 Å². The van der Waals surface area contributed by atoms with Crippen molar-refractivity contribution in [3.63, 3.8) is 0 Å². The predicted molar refractivity (Wildman–Crippen MR) is 63.4 cm³/mol. The van der Waals surface area contributed by atoms with Gasteiger partial charge in [0, 0.05) is 18.1 Å². The van der Waals surface area contributed by atoms with Gasteiger partial charge in [-0.05, 0) is 17.4 Å². The first-order chi connectivity index (χ1) is 7.01. The summed E-state index contributed by atoms with van der Waals surface area (Å²) in [6.45, 7) is 7.29. The monoisotopic (exact) mass is 227 g/mol. The van der Waals surface area contributed by atoms with E-state index in [4.69, 9.17) is 16.3 Å². The van der Waals surface area contributed by atoms with Gasteiger partial charge in [-0.3, -0.25) is 0 Å². The molecule has 0 unspecified atom stereocenters. The normalized spacial score (nSPS) is 11.5. The van der Waals surface area contributed by atoms with Crippen LogP contribution in [0.2, 0.25) is 0 Å². The van der Waals surface area contributed by atoms with Crippen molar-refractivity contribution in [1.82, 2.24) is 4.98 Å². The summed E-state index contributed by atoms with van der Waals surface area (Å²) in [4.78, 5) is 4.16. The molecule has 0 spiro atoms. The van der Waals surface area contributed by atoms with Crippen LogP contribution >= 0.6 is 11.6 Å². The SMILES string of the molecule is CC(C)(C)CCOc1ccc(CCl)cn1. The highest BCUT2D eigenvalue weighted by molar-refractivity contribution is 6.17. The minimum absolute atomic E-state index is 0.302. The van der Waals surface area contributed by atoms with Crippen molar-refractivity contribution in [1.29, 1.82) is 0 Å². The Hall–Kier alpha value is -0.760. The summed E-state index contributed by atoms with van der Waals surface area (Å²) in [5.74, 6) is 1.17. The molecule has 0 aromatic carbocycles. The second kappa shape index (κ2) is 5.36. The summed E-state index contributed by atoms with van der Waals surface area (Å²) in [7, 11) is 0. The molecule has 0 bridgehead atoms. The van der Waals surface area contributed by atoms with Crippen LogP contribution < -0.4 is 4.74 Å². The number of aromatic nitrogens is 1. The first kappa shape index (κ1) is 12.3. The summed E-state index contributed by atoms with van der Waals surface area (Å²) in [5.41, 5.74) is 1.32. The van der Waals surface area contributed by atoms with E-state index in [0.29, 0.717) is 23.8 Å². The molecular weight excluding hydrogens is 210 g/mol. The zero-order valence-corrected chi connectivity index (χ0v) is 10.3. The first-order valence-electron chi connectivity index (χ1n) is 5.15. The Bertz CT molecular complexity index is 289. The van der Waals surface area contributed by atoms with Crippen LogP contribution in [0.1, 0.15) is 32.8 Å². The minimum Gasteiger partial charge on any atom is -0.478 e. The molecule has 15 heavy (non-hydrogen) atoms. The highest BCUT2D eigenvalue weighted by atomic mass is 35.5. The largest absolute Gasteiger partial charge is 0.478 e. The van der Waals surface area contributed by atoms with Crippen molar-refractivity contribution < 1.29 is 4.74 Å². The van der Waals surface area contributed by atoms with E-state index < -0.39 is 0 Å². The van der Waals surface area contributed by atoms with Crippen molar-refractivity contribution in [2.45, 2.75) is 33.1 Å².